The maximum Gasteiger partial charge on any atom is 0.222 e. The minimum atomic E-state index is 0. The number of aliphatic imine (C=N–C) groups is 1. The van der Waals surface area contributed by atoms with E-state index in [0.717, 1.165) is 38.2 Å². The van der Waals surface area contributed by atoms with E-state index in [1.54, 1.807) is 0 Å². The van der Waals surface area contributed by atoms with Gasteiger partial charge in [0.2, 0.25) is 5.91 Å². The molecule has 23 heavy (non-hydrogen) atoms. The second-order valence-electron chi connectivity index (χ2n) is 6.20. The van der Waals surface area contributed by atoms with Gasteiger partial charge in [0.15, 0.2) is 5.96 Å². The van der Waals surface area contributed by atoms with Gasteiger partial charge in [-0.2, -0.15) is 0 Å². The van der Waals surface area contributed by atoms with E-state index in [1.807, 2.05) is 0 Å². The highest BCUT2D eigenvalue weighted by atomic mass is 127. The van der Waals surface area contributed by atoms with E-state index < -0.39 is 0 Å². The van der Waals surface area contributed by atoms with Crippen LogP contribution in [-0.4, -0.2) is 37.0 Å². The molecule has 0 bridgehead atoms. The van der Waals surface area contributed by atoms with Crippen LogP contribution >= 0.6 is 24.0 Å². The third-order valence-corrected chi connectivity index (χ3v) is 4.27. The third-order valence-electron chi connectivity index (χ3n) is 4.27. The average Bonchev–Trinajstić information content (AvgIpc) is 3.01. The number of amides is 1. The standard InChI is InChI=1S/C17H30N4O.HI/c1-2-18-17(21-15-10-6-7-11-15)19-13-12-16(22)20-14-8-4-3-5-9-14;/h6-7,14-15H,2-5,8-13H2,1H3,(H,20,22)(H2,18,19,21);1H. The van der Waals surface area contributed by atoms with Crippen molar-refractivity contribution in [3.63, 3.8) is 0 Å². The van der Waals surface area contributed by atoms with E-state index in [4.69, 9.17) is 0 Å². The zero-order valence-corrected chi connectivity index (χ0v) is 16.5. The topological polar surface area (TPSA) is 65.5 Å². The van der Waals surface area contributed by atoms with Gasteiger partial charge in [-0.05, 0) is 32.6 Å². The zero-order valence-electron chi connectivity index (χ0n) is 14.1. The molecule has 132 valence electrons. The van der Waals surface area contributed by atoms with Gasteiger partial charge in [-0.15, -0.1) is 24.0 Å². The zero-order chi connectivity index (χ0) is 15.6. The van der Waals surface area contributed by atoms with E-state index >= 15 is 0 Å². The summed E-state index contributed by atoms with van der Waals surface area (Å²) in [6, 6.07) is 0.829. The molecule has 0 unspecified atom stereocenters. The molecule has 1 amide bonds. The maximum atomic E-state index is 12.0. The Morgan fingerprint density at radius 3 is 2.43 bits per heavy atom. The Morgan fingerprint density at radius 1 is 1.09 bits per heavy atom. The number of nitrogens with zero attached hydrogens (tertiary/aromatic N) is 1. The lowest BCUT2D eigenvalue weighted by atomic mass is 9.95. The van der Waals surface area contributed by atoms with Crippen LogP contribution in [0.25, 0.3) is 0 Å². The third kappa shape index (κ3) is 8.04. The van der Waals surface area contributed by atoms with Gasteiger partial charge in [-0.25, -0.2) is 0 Å². The molecule has 0 aromatic carbocycles. The van der Waals surface area contributed by atoms with Crippen LogP contribution in [0, 0.1) is 0 Å². The van der Waals surface area contributed by atoms with Crippen molar-refractivity contribution in [1.82, 2.24) is 16.0 Å². The Morgan fingerprint density at radius 2 is 1.78 bits per heavy atom. The summed E-state index contributed by atoms with van der Waals surface area (Å²) in [6.45, 7) is 3.42. The molecule has 0 aliphatic heterocycles. The van der Waals surface area contributed by atoms with Crippen molar-refractivity contribution < 1.29 is 4.79 Å². The Hall–Kier alpha value is -0.790. The van der Waals surface area contributed by atoms with Crippen LogP contribution in [0.2, 0.25) is 0 Å². The van der Waals surface area contributed by atoms with E-state index in [2.05, 4.69) is 40.0 Å². The molecule has 5 nitrogen and oxygen atoms in total. The highest BCUT2D eigenvalue weighted by Gasteiger charge is 2.15. The molecule has 2 rings (SSSR count). The van der Waals surface area contributed by atoms with Gasteiger partial charge >= 0.3 is 0 Å². The predicted molar refractivity (Wildman–Crippen MR) is 106 cm³/mol. The molecular formula is C17H31IN4O. The Labute approximate surface area is 157 Å². The lowest BCUT2D eigenvalue weighted by Crippen LogP contribution is -2.42. The number of hydrogen-bond donors (Lipinski definition) is 3. The van der Waals surface area contributed by atoms with Gasteiger partial charge < -0.3 is 16.0 Å². The molecule has 0 spiro atoms. The fraction of sp³-hybridized carbons (Fsp3) is 0.765. The highest BCUT2D eigenvalue weighted by molar-refractivity contribution is 14.0. The number of nitrogens with one attached hydrogen (secondary N) is 3. The monoisotopic (exact) mass is 434 g/mol. The van der Waals surface area contributed by atoms with Crippen molar-refractivity contribution in [3.05, 3.63) is 12.2 Å². The lowest BCUT2D eigenvalue weighted by molar-refractivity contribution is -0.121. The first-order valence-electron chi connectivity index (χ1n) is 8.77. The molecule has 2 aliphatic carbocycles. The molecular weight excluding hydrogens is 403 g/mol. The average molecular weight is 434 g/mol. The molecule has 0 atom stereocenters. The number of halogens is 1. The van der Waals surface area contributed by atoms with Crippen LogP contribution in [0.1, 0.15) is 58.3 Å². The molecule has 0 aromatic heterocycles. The minimum absolute atomic E-state index is 0. The molecule has 0 heterocycles. The first-order chi connectivity index (χ1) is 10.8. The molecule has 0 radical (unpaired) electrons. The van der Waals surface area contributed by atoms with Crippen LogP contribution in [-0.2, 0) is 4.79 Å². The van der Waals surface area contributed by atoms with Gasteiger partial charge in [0.25, 0.3) is 0 Å². The van der Waals surface area contributed by atoms with Crippen molar-refractivity contribution in [2.24, 2.45) is 4.99 Å². The molecule has 0 aromatic rings. The van der Waals surface area contributed by atoms with E-state index in [-0.39, 0.29) is 29.9 Å². The fourth-order valence-electron chi connectivity index (χ4n) is 3.06. The normalized spacial score (nSPS) is 19.3. The van der Waals surface area contributed by atoms with Crippen LogP contribution in [0.3, 0.4) is 0 Å². The second-order valence-corrected chi connectivity index (χ2v) is 6.20. The number of rotatable bonds is 6. The Balaban J connectivity index is 0.00000264. The van der Waals surface area contributed by atoms with Crippen molar-refractivity contribution >= 4 is 35.8 Å². The van der Waals surface area contributed by atoms with E-state index in [9.17, 15) is 4.79 Å². The minimum Gasteiger partial charge on any atom is -0.357 e. The summed E-state index contributed by atoms with van der Waals surface area (Å²) in [5.74, 6) is 0.954. The van der Waals surface area contributed by atoms with Crippen LogP contribution in [0.15, 0.2) is 17.1 Å². The van der Waals surface area contributed by atoms with Crippen molar-refractivity contribution in [2.75, 3.05) is 13.1 Å². The summed E-state index contributed by atoms with van der Waals surface area (Å²) in [5.41, 5.74) is 0. The Kier molecular flexibility index (Phi) is 10.3. The SMILES string of the molecule is CCNC(=NCCC(=O)NC1CCCCC1)NC1CC=CC1.I. The van der Waals surface area contributed by atoms with Crippen molar-refractivity contribution in [2.45, 2.75) is 70.4 Å². The number of hydrogen-bond acceptors (Lipinski definition) is 2. The predicted octanol–water partition coefficient (Wildman–Crippen LogP) is 2.72. The molecule has 6 heteroatoms. The summed E-state index contributed by atoms with van der Waals surface area (Å²) in [4.78, 5) is 16.5. The van der Waals surface area contributed by atoms with Gasteiger partial charge in [0, 0.05) is 25.0 Å². The Bertz CT molecular complexity index is 397. The summed E-state index contributed by atoms with van der Waals surface area (Å²) < 4.78 is 0. The number of carbonyl (C=O) groups excluding carboxylic acids is 1. The van der Waals surface area contributed by atoms with Gasteiger partial charge in [-0.3, -0.25) is 9.79 Å². The first kappa shape index (κ1) is 20.3. The maximum absolute atomic E-state index is 12.0. The summed E-state index contributed by atoms with van der Waals surface area (Å²) in [5, 5.41) is 9.80. The summed E-state index contributed by atoms with van der Waals surface area (Å²) in [6.07, 6.45) is 13.0. The van der Waals surface area contributed by atoms with E-state index in [1.165, 1.54) is 19.3 Å². The van der Waals surface area contributed by atoms with Gasteiger partial charge in [0.1, 0.15) is 0 Å². The first-order valence-corrected chi connectivity index (χ1v) is 8.77. The van der Waals surface area contributed by atoms with Crippen molar-refractivity contribution in [3.8, 4) is 0 Å². The fourth-order valence-corrected chi connectivity index (χ4v) is 3.06. The molecule has 3 N–H and O–H groups in total. The van der Waals surface area contributed by atoms with Crippen LogP contribution < -0.4 is 16.0 Å². The largest absolute Gasteiger partial charge is 0.357 e. The summed E-state index contributed by atoms with van der Waals surface area (Å²) >= 11 is 0. The quantitative estimate of drug-likeness (QED) is 0.261. The molecule has 0 saturated heterocycles. The van der Waals surface area contributed by atoms with Crippen LogP contribution in [0.5, 0.6) is 0 Å². The van der Waals surface area contributed by atoms with Crippen LogP contribution in [0.4, 0.5) is 0 Å². The smallest absolute Gasteiger partial charge is 0.222 e. The lowest BCUT2D eigenvalue weighted by Gasteiger charge is -2.22. The molecule has 1 saturated carbocycles. The molecule has 1 fully saturated rings. The molecule has 2 aliphatic rings. The second kappa shape index (κ2) is 11.7. The summed E-state index contributed by atoms with van der Waals surface area (Å²) in [7, 11) is 0. The number of carbonyl (C=O) groups is 1. The van der Waals surface area contributed by atoms with Gasteiger partial charge in [0.05, 0.1) is 6.54 Å². The van der Waals surface area contributed by atoms with Crippen molar-refractivity contribution in [1.29, 1.82) is 0 Å². The number of guanidine groups is 1. The van der Waals surface area contributed by atoms with Gasteiger partial charge in [-0.1, -0.05) is 31.4 Å². The van der Waals surface area contributed by atoms with E-state index in [0.29, 0.717) is 25.0 Å². The highest BCUT2D eigenvalue weighted by Crippen LogP contribution is 2.17.